The third-order valence-electron chi connectivity index (χ3n) is 2.09. The molecular weight excluding hydrogens is 152 g/mol. The lowest BCUT2D eigenvalue weighted by Crippen LogP contribution is -2.12. The summed E-state index contributed by atoms with van der Waals surface area (Å²) in [4.78, 5) is 18.0. The Labute approximate surface area is 72.2 Å². The molecule has 66 valence electrons. The first-order valence-corrected chi connectivity index (χ1v) is 4.21. The molecule has 1 N–H and O–H groups in total. The van der Waals surface area contributed by atoms with Crippen LogP contribution in [0, 0.1) is 5.92 Å². The molecule has 0 bridgehead atoms. The van der Waals surface area contributed by atoms with Gasteiger partial charge in [0.25, 0.3) is 0 Å². The van der Waals surface area contributed by atoms with Crippen LogP contribution in [-0.2, 0) is 11.2 Å². The van der Waals surface area contributed by atoms with Crippen molar-refractivity contribution in [3.05, 3.63) is 18.2 Å². The Morgan fingerprint density at radius 1 is 1.75 bits per heavy atom. The number of hydrogen-bond donors (Lipinski definition) is 1. The lowest BCUT2D eigenvalue weighted by Gasteiger charge is -2.08. The summed E-state index contributed by atoms with van der Waals surface area (Å²) in [6.45, 7) is 3.67. The number of imidazole rings is 1. The van der Waals surface area contributed by atoms with Gasteiger partial charge in [0.05, 0.1) is 6.33 Å². The van der Waals surface area contributed by atoms with E-state index in [9.17, 15) is 4.79 Å². The zero-order valence-corrected chi connectivity index (χ0v) is 7.50. The van der Waals surface area contributed by atoms with Gasteiger partial charge in [0.1, 0.15) is 5.78 Å². The number of Topliss-reactive ketones (excluding diaryl/α,β-unsaturated/α-hetero) is 1. The quantitative estimate of drug-likeness (QED) is 0.737. The fraction of sp³-hybridized carbons (Fsp3) is 0.556. The molecule has 1 atom stereocenters. The highest BCUT2D eigenvalue weighted by molar-refractivity contribution is 5.78. The summed E-state index contributed by atoms with van der Waals surface area (Å²) < 4.78 is 0. The van der Waals surface area contributed by atoms with E-state index in [-0.39, 0.29) is 11.7 Å². The first-order valence-electron chi connectivity index (χ1n) is 4.21. The second-order valence-electron chi connectivity index (χ2n) is 3.00. The van der Waals surface area contributed by atoms with Crippen LogP contribution in [0.5, 0.6) is 0 Å². The number of carbonyl (C=O) groups excluding carboxylic acids is 1. The van der Waals surface area contributed by atoms with Crippen LogP contribution in [0.25, 0.3) is 0 Å². The first-order chi connectivity index (χ1) is 5.74. The topological polar surface area (TPSA) is 45.8 Å². The van der Waals surface area contributed by atoms with Crippen LogP contribution in [0.1, 0.15) is 26.0 Å². The number of aromatic amines is 1. The monoisotopic (exact) mass is 166 g/mol. The van der Waals surface area contributed by atoms with Crippen LogP contribution in [-0.4, -0.2) is 15.8 Å². The van der Waals surface area contributed by atoms with Gasteiger partial charge in [0.2, 0.25) is 0 Å². The molecule has 1 heterocycles. The van der Waals surface area contributed by atoms with Crippen LogP contribution in [0.2, 0.25) is 0 Å². The molecular formula is C9H14N2O. The average molecular weight is 166 g/mol. The number of rotatable bonds is 4. The van der Waals surface area contributed by atoms with Crippen LogP contribution in [0.4, 0.5) is 0 Å². The summed E-state index contributed by atoms with van der Waals surface area (Å²) in [5.41, 5.74) is 1.04. The van der Waals surface area contributed by atoms with E-state index >= 15 is 0 Å². The minimum atomic E-state index is 0.144. The predicted molar refractivity (Wildman–Crippen MR) is 46.8 cm³/mol. The van der Waals surface area contributed by atoms with Crippen molar-refractivity contribution >= 4 is 5.78 Å². The SMILES string of the molecule is CC[C@@H](Cc1cnc[nH]1)C(C)=O. The van der Waals surface area contributed by atoms with E-state index in [4.69, 9.17) is 0 Å². The highest BCUT2D eigenvalue weighted by Crippen LogP contribution is 2.10. The molecule has 0 saturated heterocycles. The maximum atomic E-state index is 11.1. The smallest absolute Gasteiger partial charge is 0.133 e. The van der Waals surface area contributed by atoms with Gasteiger partial charge in [-0.3, -0.25) is 4.79 Å². The number of H-pyrrole nitrogens is 1. The van der Waals surface area contributed by atoms with E-state index in [0.29, 0.717) is 0 Å². The highest BCUT2D eigenvalue weighted by atomic mass is 16.1. The number of nitrogens with one attached hydrogen (secondary N) is 1. The van der Waals surface area contributed by atoms with Crippen LogP contribution in [0.3, 0.4) is 0 Å². The fourth-order valence-electron chi connectivity index (χ4n) is 1.24. The van der Waals surface area contributed by atoms with Gasteiger partial charge in [-0.2, -0.15) is 0 Å². The van der Waals surface area contributed by atoms with Crippen molar-refractivity contribution in [1.82, 2.24) is 9.97 Å². The molecule has 0 spiro atoms. The second-order valence-corrected chi connectivity index (χ2v) is 3.00. The lowest BCUT2D eigenvalue weighted by atomic mass is 9.97. The van der Waals surface area contributed by atoms with Gasteiger partial charge in [-0.1, -0.05) is 6.92 Å². The second kappa shape index (κ2) is 4.04. The Balaban J connectivity index is 2.54. The van der Waals surface area contributed by atoms with Crippen molar-refractivity contribution in [2.45, 2.75) is 26.7 Å². The number of carbonyl (C=O) groups is 1. The maximum Gasteiger partial charge on any atom is 0.133 e. The maximum absolute atomic E-state index is 11.1. The van der Waals surface area contributed by atoms with E-state index in [2.05, 4.69) is 9.97 Å². The molecule has 0 saturated carbocycles. The van der Waals surface area contributed by atoms with Crippen molar-refractivity contribution in [2.24, 2.45) is 5.92 Å². The Kier molecular flexibility index (Phi) is 3.02. The van der Waals surface area contributed by atoms with Gasteiger partial charge < -0.3 is 4.98 Å². The summed E-state index contributed by atoms with van der Waals surface area (Å²) in [6.07, 6.45) is 5.09. The van der Waals surface area contributed by atoms with Gasteiger partial charge in [-0.05, 0) is 19.8 Å². The van der Waals surface area contributed by atoms with E-state index in [1.807, 2.05) is 6.92 Å². The minimum Gasteiger partial charge on any atom is -0.348 e. The van der Waals surface area contributed by atoms with Gasteiger partial charge >= 0.3 is 0 Å². The van der Waals surface area contributed by atoms with Gasteiger partial charge in [-0.25, -0.2) is 4.98 Å². The number of ketones is 1. The fourth-order valence-corrected chi connectivity index (χ4v) is 1.24. The molecule has 0 aliphatic heterocycles. The van der Waals surface area contributed by atoms with E-state index < -0.39 is 0 Å². The minimum absolute atomic E-state index is 0.144. The standard InChI is InChI=1S/C9H14N2O/c1-3-8(7(2)12)4-9-5-10-6-11-9/h5-6,8H,3-4H2,1-2H3,(H,10,11)/t8-/m0/s1. The van der Waals surface area contributed by atoms with Crippen LogP contribution < -0.4 is 0 Å². The zero-order chi connectivity index (χ0) is 8.97. The molecule has 1 aromatic heterocycles. The normalized spacial score (nSPS) is 12.8. The van der Waals surface area contributed by atoms with Crippen LogP contribution in [0.15, 0.2) is 12.5 Å². The molecule has 1 rings (SSSR count). The van der Waals surface area contributed by atoms with Crippen molar-refractivity contribution in [1.29, 1.82) is 0 Å². The molecule has 0 aromatic carbocycles. The Morgan fingerprint density at radius 2 is 2.50 bits per heavy atom. The molecule has 3 heteroatoms. The Bertz CT molecular complexity index is 241. The van der Waals surface area contributed by atoms with E-state index in [1.165, 1.54) is 0 Å². The van der Waals surface area contributed by atoms with Crippen molar-refractivity contribution in [3.63, 3.8) is 0 Å². The van der Waals surface area contributed by atoms with Crippen molar-refractivity contribution in [2.75, 3.05) is 0 Å². The Hall–Kier alpha value is -1.12. The molecule has 0 amide bonds. The first kappa shape index (κ1) is 8.97. The van der Waals surface area contributed by atoms with Gasteiger partial charge in [0.15, 0.2) is 0 Å². The number of nitrogens with zero attached hydrogens (tertiary/aromatic N) is 1. The molecule has 0 aliphatic rings. The summed E-state index contributed by atoms with van der Waals surface area (Å²) in [6, 6.07) is 0. The molecule has 0 fully saturated rings. The third-order valence-corrected chi connectivity index (χ3v) is 2.09. The number of hydrogen-bond acceptors (Lipinski definition) is 2. The van der Waals surface area contributed by atoms with Crippen LogP contribution >= 0.6 is 0 Å². The summed E-state index contributed by atoms with van der Waals surface area (Å²) in [5.74, 6) is 0.401. The summed E-state index contributed by atoms with van der Waals surface area (Å²) in [7, 11) is 0. The van der Waals surface area contributed by atoms with Gasteiger partial charge in [-0.15, -0.1) is 0 Å². The predicted octanol–water partition coefficient (Wildman–Crippen LogP) is 1.57. The number of aromatic nitrogens is 2. The van der Waals surface area contributed by atoms with Gasteiger partial charge in [0, 0.05) is 17.8 Å². The Morgan fingerprint density at radius 3 is 2.92 bits per heavy atom. The van der Waals surface area contributed by atoms with Crippen molar-refractivity contribution in [3.8, 4) is 0 Å². The molecule has 12 heavy (non-hydrogen) atoms. The highest BCUT2D eigenvalue weighted by Gasteiger charge is 2.12. The molecule has 0 unspecified atom stereocenters. The average Bonchev–Trinajstić information content (AvgIpc) is 2.51. The summed E-state index contributed by atoms with van der Waals surface area (Å²) in [5, 5.41) is 0. The molecule has 3 nitrogen and oxygen atoms in total. The zero-order valence-electron chi connectivity index (χ0n) is 7.50. The van der Waals surface area contributed by atoms with E-state index in [0.717, 1.165) is 18.5 Å². The molecule has 1 aromatic rings. The third kappa shape index (κ3) is 2.19. The summed E-state index contributed by atoms with van der Waals surface area (Å²) >= 11 is 0. The molecule has 0 aliphatic carbocycles. The lowest BCUT2D eigenvalue weighted by molar-refractivity contribution is -0.120. The van der Waals surface area contributed by atoms with Crippen molar-refractivity contribution < 1.29 is 4.79 Å². The van der Waals surface area contributed by atoms with E-state index in [1.54, 1.807) is 19.4 Å². The molecule has 0 radical (unpaired) electrons. The largest absolute Gasteiger partial charge is 0.348 e.